The standard InChI is InChI=1S/C21H30O3/c1-5-7-8-9-10-11-16(6-2)21(24)17-13-19(23)18(22)12-15(17)14-20(21,3)4/h5,8-9,12-13,16,22-24H,1,6-7,10-11,14H2,2-4H3/b9-8+. The van der Waals surface area contributed by atoms with E-state index < -0.39 is 5.60 Å². The number of phenols is 2. The summed E-state index contributed by atoms with van der Waals surface area (Å²) >= 11 is 0. The molecule has 3 heteroatoms. The van der Waals surface area contributed by atoms with Crippen molar-refractivity contribution in [2.75, 3.05) is 0 Å². The Morgan fingerprint density at radius 2 is 1.88 bits per heavy atom. The molecule has 3 N–H and O–H groups in total. The molecule has 0 saturated heterocycles. The normalized spacial score (nSPS) is 23.3. The van der Waals surface area contributed by atoms with E-state index >= 15 is 0 Å². The number of aromatic hydroxyl groups is 2. The molecule has 0 radical (unpaired) electrons. The highest BCUT2D eigenvalue weighted by molar-refractivity contribution is 5.52. The van der Waals surface area contributed by atoms with Crippen LogP contribution in [0, 0.1) is 11.3 Å². The van der Waals surface area contributed by atoms with Crippen LogP contribution in [0.15, 0.2) is 36.9 Å². The van der Waals surface area contributed by atoms with Crippen molar-refractivity contribution >= 4 is 0 Å². The van der Waals surface area contributed by atoms with Gasteiger partial charge in [-0.15, -0.1) is 6.58 Å². The monoisotopic (exact) mass is 330 g/mol. The van der Waals surface area contributed by atoms with E-state index in [2.05, 4.69) is 39.5 Å². The smallest absolute Gasteiger partial charge is 0.157 e. The Labute approximate surface area is 145 Å². The van der Waals surface area contributed by atoms with Crippen molar-refractivity contribution in [2.45, 2.75) is 58.5 Å². The van der Waals surface area contributed by atoms with Gasteiger partial charge in [-0.3, -0.25) is 0 Å². The minimum atomic E-state index is -1.01. The molecule has 2 rings (SSSR count). The second kappa shape index (κ2) is 7.02. The molecule has 0 heterocycles. The molecule has 0 aliphatic heterocycles. The van der Waals surface area contributed by atoms with Crippen LogP contribution in [0.2, 0.25) is 0 Å². The van der Waals surface area contributed by atoms with Gasteiger partial charge in [0.2, 0.25) is 0 Å². The zero-order valence-corrected chi connectivity index (χ0v) is 15.0. The van der Waals surface area contributed by atoms with Crippen LogP contribution in [0.25, 0.3) is 0 Å². The van der Waals surface area contributed by atoms with Crippen LogP contribution in [-0.4, -0.2) is 15.3 Å². The highest BCUT2D eigenvalue weighted by atomic mass is 16.3. The zero-order valence-electron chi connectivity index (χ0n) is 15.0. The maximum atomic E-state index is 11.7. The summed E-state index contributed by atoms with van der Waals surface area (Å²) in [6.07, 6.45) is 10.3. The SMILES string of the molecule is C=CC/C=C/CCC(CC)C1(O)c2cc(O)c(O)cc2CC1(C)C. The first-order chi connectivity index (χ1) is 11.3. The zero-order chi connectivity index (χ0) is 18.0. The predicted octanol–water partition coefficient (Wildman–Crippen LogP) is 4.81. The van der Waals surface area contributed by atoms with Crippen LogP contribution in [0.3, 0.4) is 0 Å². The summed E-state index contributed by atoms with van der Waals surface area (Å²) in [5.41, 5.74) is 0.346. The van der Waals surface area contributed by atoms with Crippen LogP contribution in [-0.2, 0) is 12.0 Å². The van der Waals surface area contributed by atoms with Gasteiger partial charge in [-0.05, 0) is 54.9 Å². The minimum absolute atomic E-state index is 0.0890. The lowest BCUT2D eigenvalue weighted by Gasteiger charge is -2.43. The number of aliphatic hydroxyl groups is 1. The molecular weight excluding hydrogens is 300 g/mol. The van der Waals surface area contributed by atoms with Crippen LogP contribution in [0.4, 0.5) is 0 Å². The van der Waals surface area contributed by atoms with Gasteiger partial charge in [0.05, 0.1) is 5.60 Å². The summed E-state index contributed by atoms with van der Waals surface area (Å²) in [6, 6.07) is 3.15. The molecule has 24 heavy (non-hydrogen) atoms. The Kier molecular flexibility index (Phi) is 5.44. The van der Waals surface area contributed by atoms with Gasteiger partial charge >= 0.3 is 0 Å². The number of rotatable bonds is 7. The minimum Gasteiger partial charge on any atom is -0.504 e. The lowest BCUT2D eigenvalue weighted by Crippen LogP contribution is -2.45. The van der Waals surface area contributed by atoms with Gasteiger partial charge in [0.1, 0.15) is 0 Å². The molecular formula is C21H30O3. The molecule has 3 nitrogen and oxygen atoms in total. The highest BCUT2D eigenvalue weighted by Crippen LogP contribution is 2.57. The molecule has 0 amide bonds. The summed E-state index contributed by atoms with van der Waals surface area (Å²) in [7, 11) is 0. The summed E-state index contributed by atoms with van der Waals surface area (Å²) < 4.78 is 0. The maximum absolute atomic E-state index is 11.7. The number of hydrogen-bond donors (Lipinski definition) is 3. The van der Waals surface area contributed by atoms with Crippen molar-refractivity contribution in [3.8, 4) is 11.5 Å². The summed E-state index contributed by atoms with van der Waals surface area (Å²) in [5, 5.41) is 31.4. The molecule has 1 aromatic rings. The van der Waals surface area contributed by atoms with E-state index in [0.717, 1.165) is 36.8 Å². The van der Waals surface area contributed by atoms with Crippen LogP contribution in [0.5, 0.6) is 11.5 Å². The number of allylic oxidation sites excluding steroid dienone is 3. The Balaban J connectivity index is 2.34. The van der Waals surface area contributed by atoms with E-state index in [0.29, 0.717) is 6.42 Å². The molecule has 0 aromatic heterocycles. The Morgan fingerprint density at radius 3 is 2.50 bits per heavy atom. The van der Waals surface area contributed by atoms with Crippen molar-refractivity contribution in [2.24, 2.45) is 11.3 Å². The quantitative estimate of drug-likeness (QED) is 0.497. The van der Waals surface area contributed by atoms with Crippen molar-refractivity contribution in [1.29, 1.82) is 0 Å². The molecule has 2 unspecified atom stereocenters. The number of phenolic OH excluding ortho intramolecular Hbond substituents is 2. The Bertz CT molecular complexity index is 630. The molecule has 132 valence electrons. The molecule has 1 aliphatic carbocycles. The van der Waals surface area contributed by atoms with Crippen molar-refractivity contribution in [1.82, 2.24) is 0 Å². The number of hydrogen-bond acceptors (Lipinski definition) is 3. The van der Waals surface area contributed by atoms with Crippen molar-refractivity contribution in [3.63, 3.8) is 0 Å². The van der Waals surface area contributed by atoms with Gasteiger partial charge in [0.25, 0.3) is 0 Å². The average molecular weight is 330 g/mol. The molecule has 0 bridgehead atoms. The van der Waals surface area contributed by atoms with Crippen LogP contribution < -0.4 is 0 Å². The fourth-order valence-corrected chi connectivity index (χ4v) is 4.19. The molecule has 0 fully saturated rings. The lowest BCUT2D eigenvalue weighted by atomic mass is 9.66. The largest absolute Gasteiger partial charge is 0.504 e. The van der Waals surface area contributed by atoms with E-state index in [1.54, 1.807) is 12.1 Å². The van der Waals surface area contributed by atoms with Crippen LogP contribution >= 0.6 is 0 Å². The fourth-order valence-electron chi connectivity index (χ4n) is 4.19. The van der Waals surface area contributed by atoms with Crippen molar-refractivity contribution in [3.05, 3.63) is 48.1 Å². The Morgan fingerprint density at radius 1 is 1.21 bits per heavy atom. The fraction of sp³-hybridized carbons (Fsp3) is 0.524. The second-order valence-corrected chi connectivity index (χ2v) is 7.50. The second-order valence-electron chi connectivity index (χ2n) is 7.50. The topological polar surface area (TPSA) is 60.7 Å². The third-order valence-electron chi connectivity index (χ3n) is 5.51. The summed E-state index contributed by atoms with van der Waals surface area (Å²) in [5.74, 6) is -0.189. The highest BCUT2D eigenvalue weighted by Gasteiger charge is 2.55. The summed E-state index contributed by atoms with van der Waals surface area (Å²) in [4.78, 5) is 0. The Hall–Kier alpha value is -1.74. The molecule has 0 spiro atoms. The summed E-state index contributed by atoms with van der Waals surface area (Å²) in [6.45, 7) is 9.94. The van der Waals surface area contributed by atoms with E-state index in [9.17, 15) is 15.3 Å². The van der Waals surface area contributed by atoms with Gasteiger partial charge in [0.15, 0.2) is 11.5 Å². The van der Waals surface area contributed by atoms with E-state index in [1.807, 2.05) is 6.08 Å². The third-order valence-corrected chi connectivity index (χ3v) is 5.51. The van der Waals surface area contributed by atoms with Gasteiger partial charge in [-0.25, -0.2) is 0 Å². The molecule has 0 saturated carbocycles. The van der Waals surface area contributed by atoms with E-state index in [1.165, 1.54) is 0 Å². The van der Waals surface area contributed by atoms with Gasteiger partial charge in [-0.1, -0.05) is 45.4 Å². The number of benzene rings is 1. The third kappa shape index (κ3) is 3.10. The number of fused-ring (bicyclic) bond motifs is 1. The van der Waals surface area contributed by atoms with Gasteiger partial charge < -0.3 is 15.3 Å². The maximum Gasteiger partial charge on any atom is 0.157 e. The van der Waals surface area contributed by atoms with Gasteiger partial charge in [0, 0.05) is 5.41 Å². The molecule has 1 aliphatic rings. The van der Waals surface area contributed by atoms with Crippen molar-refractivity contribution < 1.29 is 15.3 Å². The van der Waals surface area contributed by atoms with Gasteiger partial charge in [-0.2, -0.15) is 0 Å². The molecule has 2 atom stereocenters. The predicted molar refractivity (Wildman–Crippen MR) is 98.1 cm³/mol. The first-order valence-electron chi connectivity index (χ1n) is 8.81. The van der Waals surface area contributed by atoms with E-state index in [-0.39, 0.29) is 22.8 Å². The van der Waals surface area contributed by atoms with E-state index in [4.69, 9.17) is 0 Å². The lowest BCUT2D eigenvalue weighted by molar-refractivity contribution is -0.111. The first kappa shape index (κ1) is 18.6. The first-order valence-corrected chi connectivity index (χ1v) is 8.81. The average Bonchev–Trinajstić information content (AvgIpc) is 2.71. The molecule has 1 aromatic carbocycles. The van der Waals surface area contributed by atoms with Crippen LogP contribution in [0.1, 0.15) is 57.6 Å².